The third kappa shape index (κ3) is 3.19. The molecule has 0 aromatic carbocycles. The topological polar surface area (TPSA) is 25.4 Å². The van der Waals surface area contributed by atoms with E-state index in [1.807, 2.05) is 6.20 Å². The Morgan fingerprint density at radius 2 is 2.44 bits per heavy atom. The summed E-state index contributed by atoms with van der Waals surface area (Å²) in [6.07, 6.45) is 6.16. The second-order valence-electron chi connectivity index (χ2n) is 4.33. The highest BCUT2D eigenvalue weighted by Crippen LogP contribution is 2.20. The molecule has 0 aliphatic carbocycles. The first-order valence-corrected chi connectivity index (χ1v) is 6.44. The molecule has 1 aromatic rings. The first kappa shape index (κ1) is 11.9. The summed E-state index contributed by atoms with van der Waals surface area (Å²) in [6, 6.07) is 2.09. The summed E-state index contributed by atoms with van der Waals surface area (Å²) in [5, 5.41) is 0. The molecule has 0 saturated carbocycles. The van der Waals surface area contributed by atoms with Crippen molar-refractivity contribution in [3.05, 3.63) is 22.9 Å². The lowest BCUT2D eigenvalue weighted by Gasteiger charge is -2.28. The summed E-state index contributed by atoms with van der Waals surface area (Å²) in [6.45, 7) is 2.86. The molecule has 0 radical (unpaired) electrons. The number of anilines is 1. The first-order valence-electron chi connectivity index (χ1n) is 5.65. The predicted octanol–water partition coefficient (Wildman–Crippen LogP) is 2.71. The maximum Gasteiger partial charge on any atom is 0.0561 e. The van der Waals surface area contributed by atoms with Crippen LogP contribution in [0.1, 0.15) is 12.8 Å². The second kappa shape index (κ2) is 5.64. The molecule has 0 N–H and O–H groups in total. The van der Waals surface area contributed by atoms with E-state index in [9.17, 15) is 0 Å². The Hall–Kier alpha value is -0.610. The molecule has 88 valence electrons. The van der Waals surface area contributed by atoms with Gasteiger partial charge in [0.2, 0.25) is 0 Å². The summed E-state index contributed by atoms with van der Waals surface area (Å²) < 4.78 is 6.52. The van der Waals surface area contributed by atoms with Crippen molar-refractivity contribution in [2.24, 2.45) is 5.92 Å². The van der Waals surface area contributed by atoms with Gasteiger partial charge in [-0.2, -0.15) is 0 Å². The quantitative estimate of drug-likeness (QED) is 0.854. The van der Waals surface area contributed by atoms with Crippen molar-refractivity contribution in [3.63, 3.8) is 0 Å². The van der Waals surface area contributed by atoms with Crippen molar-refractivity contribution in [3.8, 4) is 0 Å². The zero-order valence-corrected chi connectivity index (χ0v) is 11.1. The molecule has 1 unspecified atom stereocenters. The third-order valence-corrected chi connectivity index (χ3v) is 3.35. The Morgan fingerprint density at radius 3 is 3.12 bits per heavy atom. The van der Waals surface area contributed by atoms with Crippen LogP contribution < -0.4 is 4.90 Å². The van der Waals surface area contributed by atoms with Gasteiger partial charge >= 0.3 is 0 Å². The average molecular weight is 285 g/mol. The molecule has 4 heteroatoms. The monoisotopic (exact) mass is 284 g/mol. The number of nitrogens with zero attached hydrogens (tertiary/aromatic N) is 2. The number of hydrogen-bond donors (Lipinski definition) is 0. The highest BCUT2D eigenvalue weighted by molar-refractivity contribution is 9.10. The zero-order valence-electron chi connectivity index (χ0n) is 9.53. The number of rotatable bonds is 3. The maximum atomic E-state index is 5.49. The molecule has 16 heavy (non-hydrogen) atoms. The van der Waals surface area contributed by atoms with E-state index in [-0.39, 0.29) is 0 Å². The van der Waals surface area contributed by atoms with Crippen molar-refractivity contribution >= 4 is 21.6 Å². The Balaban J connectivity index is 1.94. The Morgan fingerprint density at radius 1 is 1.56 bits per heavy atom. The van der Waals surface area contributed by atoms with Crippen LogP contribution in [0.3, 0.4) is 0 Å². The van der Waals surface area contributed by atoms with E-state index in [0.29, 0.717) is 5.92 Å². The van der Waals surface area contributed by atoms with Crippen LogP contribution in [0.2, 0.25) is 0 Å². The molecule has 3 nitrogen and oxygen atoms in total. The molecule has 1 aliphatic heterocycles. The fraction of sp³-hybridized carbons (Fsp3) is 0.583. The lowest BCUT2D eigenvalue weighted by molar-refractivity contribution is 0.0576. The van der Waals surface area contributed by atoms with Gasteiger partial charge in [-0.1, -0.05) is 0 Å². The minimum Gasteiger partial charge on any atom is -0.381 e. The molecule has 2 rings (SSSR count). The number of hydrogen-bond acceptors (Lipinski definition) is 3. The molecule has 0 bridgehead atoms. The van der Waals surface area contributed by atoms with E-state index in [0.717, 1.165) is 29.9 Å². The molecule has 1 aliphatic rings. The van der Waals surface area contributed by atoms with Crippen molar-refractivity contribution in [2.75, 3.05) is 31.7 Å². The van der Waals surface area contributed by atoms with Crippen molar-refractivity contribution in [1.82, 2.24) is 4.98 Å². The molecule has 1 aromatic heterocycles. The Kier molecular flexibility index (Phi) is 4.18. The van der Waals surface area contributed by atoms with Crippen LogP contribution in [0.5, 0.6) is 0 Å². The van der Waals surface area contributed by atoms with Crippen LogP contribution in [-0.2, 0) is 4.74 Å². The molecule has 2 heterocycles. The zero-order chi connectivity index (χ0) is 11.4. The summed E-state index contributed by atoms with van der Waals surface area (Å²) in [4.78, 5) is 6.43. The number of pyridine rings is 1. The lowest BCUT2D eigenvalue weighted by atomic mass is 10.0. The summed E-state index contributed by atoms with van der Waals surface area (Å²) >= 11 is 3.44. The maximum absolute atomic E-state index is 5.49. The molecule has 1 saturated heterocycles. The Labute approximate surface area is 105 Å². The van der Waals surface area contributed by atoms with Gasteiger partial charge in [0, 0.05) is 30.9 Å². The predicted molar refractivity (Wildman–Crippen MR) is 68.8 cm³/mol. The van der Waals surface area contributed by atoms with Crippen molar-refractivity contribution < 1.29 is 4.74 Å². The normalized spacial score (nSPS) is 20.8. The van der Waals surface area contributed by atoms with Crippen LogP contribution in [0.15, 0.2) is 22.9 Å². The summed E-state index contributed by atoms with van der Waals surface area (Å²) in [5.41, 5.74) is 1.15. The van der Waals surface area contributed by atoms with E-state index in [4.69, 9.17) is 4.74 Å². The van der Waals surface area contributed by atoms with Crippen LogP contribution in [0, 0.1) is 5.92 Å². The van der Waals surface area contributed by atoms with Gasteiger partial charge in [-0.05, 0) is 40.8 Å². The Bertz CT molecular complexity index is 340. The van der Waals surface area contributed by atoms with Gasteiger partial charge in [0.05, 0.1) is 18.5 Å². The van der Waals surface area contributed by atoms with E-state index in [2.05, 4.69) is 38.9 Å². The average Bonchev–Trinajstić information content (AvgIpc) is 2.30. The fourth-order valence-corrected chi connectivity index (χ4v) is 2.41. The summed E-state index contributed by atoms with van der Waals surface area (Å²) in [5.74, 6) is 0.651. The van der Waals surface area contributed by atoms with Gasteiger partial charge in [-0.25, -0.2) is 0 Å². The van der Waals surface area contributed by atoms with E-state index in [1.54, 1.807) is 6.20 Å². The number of ether oxygens (including phenoxy) is 1. The highest BCUT2D eigenvalue weighted by Gasteiger charge is 2.16. The van der Waals surface area contributed by atoms with Gasteiger partial charge < -0.3 is 9.64 Å². The lowest BCUT2D eigenvalue weighted by Crippen LogP contribution is -2.30. The van der Waals surface area contributed by atoms with Gasteiger partial charge in [0.25, 0.3) is 0 Å². The van der Waals surface area contributed by atoms with Gasteiger partial charge in [0.15, 0.2) is 0 Å². The highest BCUT2D eigenvalue weighted by atomic mass is 79.9. The van der Waals surface area contributed by atoms with Gasteiger partial charge in [0.1, 0.15) is 0 Å². The molecular weight excluding hydrogens is 268 g/mol. The van der Waals surface area contributed by atoms with Gasteiger partial charge in [-0.3, -0.25) is 4.98 Å². The van der Waals surface area contributed by atoms with Crippen molar-refractivity contribution in [2.45, 2.75) is 12.8 Å². The molecular formula is C12H17BrN2O. The minimum atomic E-state index is 0.651. The number of aromatic nitrogens is 1. The summed E-state index contributed by atoms with van der Waals surface area (Å²) in [7, 11) is 2.11. The third-order valence-electron chi connectivity index (χ3n) is 2.92. The molecule has 0 spiro atoms. The fourth-order valence-electron chi connectivity index (χ4n) is 2.05. The van der Waals surface area contributed by atoms with E-state index in [1.165, 1.54) is 12.8 Å². The van der Waals surface area contributed by atoms with Crippen LogP contribution in [0.4, 0.5) is 5.69 Å². The SMILES string of the molecule is CN(CC1CCCOC1)c1cncc(Br)c1. The largest absolute Gasteiger partial charge is 0.381 e. The van der Waals surface area contributed by atoms with Gasteiger partial charge in [-0.15, -0.1) is 0 Å². The molecule has 1 atom stereocenters. The molecule has 1 fully saturated rings. The minimum absolute atomic E-state index is 0.651. The van der Waals surface area contributed by atoms with Crippen LogP contribution >= 0.6 is 15.9 Å². The van der Waals surface area contributed by atoms with E-state index >= 15 is 0 Å². The smallest absolute Gasteiger partial charge is 0.0561 e. The molecule has 0 amide bonds. The van der Waals surface area contributed by atoms with E-state index < -0.39 is 0 Å². The second-order valence-corrected chi connectivity index (χ2v) is 5.24. The van der Waals surface area contributed by atoms with Crippen LogP contribution in [-0.4, -0.2) is 31.8 Å². The first-order chi connectivity index (χ1) is 7.75. The van der Waals surface area contributed by atoms with Crippen LogP contribution in [0.25, 0.3) is 0 Å². The standard InChI is InChI=1S/C12H17BrN2O/c1-15(8-10-3-2-4-16-9-10)12-5-11(13)6-14-7-12/h5-7,10H,2-4,8-9H2,1H3. The van der Waals surface area contributed by atoms with Crippen molar-refractivity contribution in [1.29, 1.82) is 0 Å². The number of halogens is 1.